The van der Waals surface area contributed by atoms with Crippen molar-refractivity contribution in [2.24, 2.45) is 7.05 Å². The minimum absolute atomic E-state index is 0.619. The van der Waals surface area contributed by atoms with E-state index in [1.165, 1.54) is 5.56 Å². The van der Waals surface area contributed by atoms with Crippen LogP contribution in [0.15, 0.2) is 18.2 Å². The fourth-order valence-corrected chi connectivity index (χ4v) is 3.08. The number of benzene rings is 1. The molecule has 0 radical (unpaired) electrons. The number of piperazine rings is 1. The zero-order valence-corrected chi connectivity index (χ0v) is 12.0. The topological polar surface area (TPSA) is 33.1 Å². The molecule has 0 saturated carbocycles. The lowest BCUT2D eigenvalue weighted by molar-refractivity contribution is 0.244. The molecular formula is C14H19ClN4. The average molecular weight is 279 g/mol. The molecule has 1 aliphatic heterocycles. The van der Waals surface area contributed by atoms with E-state index in [9.17, 15) is 0 Å². The standard InChI is InChI=1S/C14H19ClN4/c1-18-12-4-2-3-11(13(12)14(15)17-18)5-8-19-9-6-16-7-10-19/h2-4,16H,5-10H2,1H3. The normalized spacial score (nSPS) is 17.2. The van der Waals surface area contributed by atoms with Crippen LogP contribution < -0.4 is 5.32 Å². The van der Waals surface area contributed by atoms with E-state index in [0.29, 0.717) is 5.15 Å². The molecule has 1 aromatic heterocycles. The van der Waals surface area contributed by atoms with E-state index in [-0.39, 0.29) is 0 Å². The minimum Gasteiger partial charge on any atom is -0.314 e. The number of hydrogen-bond donors (Lipinski definition) is 1. The van der Waals surface area contributed by atoms with Crippen molar-refractivity contribution in [3.8, 4) is 0 Å². The van der Waals surface area contributed by atoms with Crippen molar-refractivity contribution in [2.75, 3.05) is 32.7 Å². The van der Waals surface area contributed by atoms with Gasteiger partial charge in [-0.15, -0.1) is 0 Å². The van der Waals surface area contributed by atoms with Crippen LogP contribution in [0.4, 0.5) is 0 Å². The molecule has 0 aliphatic carbocycles. The fourth-order valence-electron chi connectivity index (χ4n) is 2.75. The molecular weight excluding hydrogens is 260 g/mol. The van der Waals surface area contributed by atoms with Crippen LogP contribution in [0.2, 0.25) is 5.15 Å². The van der Waals surface area contributed by atoms with Crippen LogP contribution in [0.5, 0.6) is 0 Å². The lowest BCUT2D eigenvalue weighted by atomic mass is 10.1. The van der Waals surface area contributed by atoms with E-state index in [1.54, 1.807) is 0 Å². The number of aromatic nitrogens is 2. The molecule has 1 fully saturated rings. The van der Waals surface area contributed by atoms with Crippen molar-refractivity contribution in [1.29, 1.82) is 0 Å². The van der Waals surface area contributed by atoms with E-state index in [0.717, 1.165) is 50.0 Å². The van der Waals surface area contributed by atoms with Crippen LogP contribution in [-0.2, 0) is 13.5 Å². The highest BCUT2D eigenvalue weighted by molar-refractivity contribution is 6.34. The SMILES string of the molecule is Cn1nc(Cl)c2c(CCN3CCNCC3)cccc21. The van der Waals surface area contributed by atoms with Crippen molar-refractivity contribution in [3.63, 3.8) is 0 Å². The Kier molecular flexibility index (Phi) is 3.73. The van der Waals surface area contributed by atoms with Gasteiger partial charge >= 0.3 is 0 Å². The summed E-state index contributed by atoms with van der Waals surface area (Å²) in [6.07, 6.45) is 1.03. The first kappa shape index (κ1) is 12.9. The number of halogens is 1. The van der Waals surface area contributed by atoms with Gasteiger partial charge < -0.3 is 10.2 Å². The van der Waals surface area contributed by atoms with Crippen LogP contribution in [0.3, 0.4) is 0 Å². The Labute approximate surface area is 118 Å². The van der Waals surface area contributed by atoms with Gasteiger partial charge in [-0.3, -0.25) is 4.68 Å². The van der Waals surface area contributed by atoms with Crippen molar-refractivity contribution >= 4 is 22.5 Å². The number of nitrogens with one attached hydrogen (secondary N) is 1. The summed E-state index contributed by atoms with van der Waals surface area (Å²) < 4.78 is 1.85. The van der Waals surface area contributed by atoms with E-state index >= 15 is 0 Å². The van der Waals surface area contributed by atoms with E-state index in [1.807, 2.05) is 11.7 Å². The summed E-state index contributed by atoms with van der Waals surface area (Å²) in [4.78, 5) is 2.50. The number of nitrogens with zero attached hydrogens (tertiary/aromatic N) is 3. The molecule has 0 unspecified atom stereocenters. The van der Waals surface area contributed by atoms with Gasteiger partial charge in [0, 0.05) is 45.2 Å². The Balaban J connectivity index is 1.80. The Morgan fingerprint density at radius 3 is 2.89 bits per heavy atom. The van der Waals surface area contributed by atoms with Gasteiger partial charge in [0.2, 0.25) is 0 Å². The highest BCUT2D eigenvalue weighted by atomic mass is 35.5. The summed E-state index contributed by atoms with van der Waals surface area (Å²) in [6.45, 7) is 5.55. The molecule has 0 bridgehead atoms. The van der Waals surface area contributed by atoms with Gasteiger partial charge in [0.25, 0.3) is 0 Å². The molecule has 2 heterocycles. The van der Waals surface area contributed by atoms with Crippen molar-refractivity contribution < 1.29 is 0 Å². The maximum Gasteiger partial charge on any atom is 0.159 e. The van der Waals surface area contributed by atoms with Gasteiger partial charge in [0.05, 0.1) is 5.52 Å². The quantitative estimate of drug-likeness (QED) is 0.927. The van der Waals surface area contributed by atoms with Crippen LogP contribution >= 0.6 is 11.6 Å². The molecule has 0 atom stereocenters. The molecule has 2 aromatic rings. The molecule has 5 heteroatoms. The smallest absolute Gasteiger partial charge is 0.159 e. The zero-order chi connectivity index (χ0) is 13.2. The largest absolute Gasteiger partial charge is 0.314 e. The summed E-state index contributed by atoms with van der Waals surface area (Å²) in [5.74, 6) is 0. The number of aryl methyl sites for hydroxylation is 1. The molecule has 0 amide bonds. The number of hydrogen-bond acceptors (Lipinski definition) is 3. The maximum absolute atomic E-state index is 6.25. The van der Waals surface area contributed by atoms with Crippen molar-refractivity contribution in [3.05, 3.63) is 28.9 Å². The van der Waals surface area contributed by atoms with Gasteiger partial charge in [0.1, 0.15) is 0 Å². The first-order valence-electron chi connectivity index (χ1n) is 6.79. The van der Waals surface area contributed by atoms with Crippen LogP contribution in [0, 0.1) is 0 Å². The molecule has 1 aliphatic rings. The van der Waals surface area contributed by atoms with E-state index in [2.05, 4.69) is 33.5 Å². The molecule has 3 rings (SSSR count). The van der Waals surface area contributed by atoms with Crippen molar-refractivity contribution in [1.82, 2.24) is 20.0 Å². The average Bonchev–Trinajstić information content (AvgIpc) is 2.74. The minimum atomic E-state index is 0.619. The number of rotatable bonds is 3. The van der Waals surface area contributed by atoms with Crippen LogP contribution in [0.1, 0.15) is 5.56 Å². The molecule has 102 valence electrons. The second kappa shape index (κ2) is 5.49. The third kappa shape index (κ3) is 2.61. The molecule has 1 aromatic carbocycles. The molecule has 0 spiro atoms. The van der Waals surface area contributed by atoms with E-state index in [4.69, 9.17) is 11.6 Å². The van der Waals surface area contributed by atoms with Gasteiger partial charge in [-0.25, -0.2) is 0 Å². The Bertz CT molecular complexity index is 572. The van der Waals surface area contributed by atoms with Gasteiger partial charge in [-0.05, 0) is 18.1 Å². The van der Waals surface area contributed by atoms with E-state index < -0.39 is 0 Å². The Hall–Kier alpha value is -1.10. The van der Waals surface area contributed by atoms with Crippen LogP contribution in [-0.4, -0.2) is 47.4 Å². The predicted molar refractivity (Wildman–Crippen MR) is 78.7 cm³/mol. The highest BCUT2D eigenvalue weighted by Crippen LogP contribution is 2.26. The molecule has 1 N–H and O–H groups in total. The predicted octanol–water partition coefficient (Wildman–Crippen LogP) is 1.67. The summed E-state index contributed by atoms with van der Waals surface area (Å²) in [6, 6.07) is 6.33. The van der Waals surface area contributed by atoms with Crippen LogP contribution in [0.25, 0.3) is 10.9 Å². The highest BCUT2D eigenvalue weighted by Gasteiger charge is 2.13. The fraction of sp³-hybridized carbons (Fsp3) is 0.500. The first-order valence-corrected chi connectivity index (χ1v) is 7.16. The number of fused-ring (bicyclic) bond motifs is 1. The molecule has 19 heavy (non-hydrogen) atoms. The Morgan fingerprint density at radius 1 is 1.32 bits per heavy atom. The monoisotopic (exact) mass is 278 g/mol. The van der Waals surface area contributed by atoms with Gasteiger partial charge in [0.15, 0.2) is 5.15 Å². The Morgan fingerprint density at radius 2 is 2.11 bits per heavy atom. The molecule has 4 nitrogen and oxygen atoms in total. The van der Waals surface area contributed by atoms with Gasteiger partial charge in [-0.1, -0.05) is 23.7 Å². The lowest BCUT2D eigenvalue weighted by Gasteiger charge is -2.27. The third-order valence-electron chi connectivity index (χ3n) is 3.83. The second-order valence-electron chi connectivity index (χ2n) is 5.07. The van der Waals surface area contributed by atoms with Crippen molar-refractivity contribution in [2.45, 2.75) is 6.42 Å². The summed E-state index contributed by atoms with van der Waals surface area (Å²) in [5.41, 5.74) is 2.41. The maximum atomic E-state index is 6.25. The molecule has 1 saturated heterocycles. The first-order chi connectivity index (χ1) is 9.25. The second-order valence-corrected chi connectivity index (χ2v) is 5.43. The zero-order valence-electron chi connectivity index (χ0n) is 11.2. The summed E-state index contributed by atoms with van der Waals surface area (Å²) in [7, 11) is 1.94. The summed E-state index contributed by atoms with van der Waals surface area (Å²) in [5, 5.41) is 9.41. The summed E-state index contributed by atoms with van der Waals surface area (Å²) >= 11 is 6.25. The third-order valence-corrected chi connectivity index (χ3v) is 4.09. The van der Waals surface area contributed by atoms with Gasteiger partial charge in [-0.2, -0.15) is 5.10 Å². The lowest BCUT2D eigenvalue weighted by Crippen LogP contribution is -2.44.